The Kier molecular flexibility index (Phi) is 4.78. The average Bonchev–Trinajstić information content (AvgIpc) is 3.13. The van der Waals surface area contributed by atoms with Crippen LogP contribution >= 0.6 is 0 Å². The van der Waals surface area contributed by atoms with Crippen molar-refractivity contribution in [2.75, 3.05) is 6.54 Å². The Labute approximate surface area is 124 Å². The van der Waals surface area contributed by atoms with Gasteiger partial charge in [-0.25, -0.2) is 0 Å². The molecule has 0 aromatic carbocycles. The molecule has 1 saturated heterocycles. The highest BCUT2D eigenvalue weighted by molar-refractivity contribution is 5.84. The van der Waals surface area contributed by atoms with Crippen LogP contribution in [0.1, 0.15) is 66.7 Å². The van der Waals surface area contributed by atoms with E-state index in [9.17, 15) is 4.79 Å². The van der Waals surface area contributed by atoms with Gasteiger partial charge in [-0.2, -0.15) is 0 Å². The molecular formula is C17H32N2O. The monoisotopic (exact) mass is 280 g/mol. The van der Waals surface area contributed by atoms with E-state index in [1.165, 1.54) is 19.3 Å². The summed E-state index contributed by atoms with van der Waals surface area (Å²) in [4.78, 5) is 15.0. The van der Waals surface area contributed by atoms with Crippen molar-refractivity contribution in [3.63, 3.8) is 0 Å². The molecule has 1 aliphatic heterocycles. The maximum Gasteiger partial charge on any atom is 0.241 e. The van der Waals surface area contributed by atoms with Gasteiger partial charge in [0.25, 0.3) is 0 Å². The first-order chi connectivity index (χ1) is 9.42. The predicted octanol–water partition coefficient (Wildman–Crippen LogP) is 3.40. The number of carbonyl (C=O) groups excluding carboxylic acids is 1. The third-order valence-electron chi connectivity index (χ3n) is 5.42. The van der Waals surface area contributed by atoms with Gasteiger partial charge in [0.1, 0.15) is 0 Å². The van der Waals surface area contributed by atoms with Gasteiger partial charge in [-0.05, 0) is 42.9 Å². The first-order valence-electron chi connectivity index (χ1n) is 8.49. The molecule has 20 heavy (non-hydrogen) atoms. The number of carbonyl (C=O) groups is 1. The molecule has 2 rings (SSSR count). The number of hydrogen-bond acceptors (Lipinski definition) is 2. The zero-order chi connectivity index (χ0) is 14.9. The fourth-order valence-electron chi connectivity index (χ4n) is 3.34. The molecule has 1 aliphatic carbocycles. The Balaban J connectivity index is 2.09. The van der Waals surface area contributed by atoms with Gasteiger partial charge in [0.2, 0.25) is 5.91 Å². The lowest BCUT2D eigenvalue weighted by Crippen LogP contribution is -2.41. The molecule has 0 spiro atoms. The molecule has 3 nitrogen and oxygen atoms in total. The van der Waals surface area contributed by atoms with E-state index in [1.54, 1.807) is 0 Å². The Bertz CT molecular complexity index is 349. The lowest BCUT2D eigenvalue weighted by atomic mass is 9.98. The van der Waals surface area contributed by atoms with Crippen molar-refractivity contribution in [3.05, 3.63) is 0 Å². The highest BCUT2D eigenvalue weighted by Gasteiger charge is 2.48. The third-order valence-corrected chi connectivity index (χ3v) is 5.42. The van der Waals surface area contributed by atoms with E-state index in [4.69, 9.17) is 0 Å². The second-order valence-electron chi connectivity index (χ2n) is 7.49. The first-order valence-corrected chi connectivity index (χ1v) is 8.49. The van der Waals surface area contributed by atoms with E-state index in [0.29, 0.717) is 23.2 Å². The van der Waals surface area contributed by atoms with E-state index in [1.807, 2.05) is 0 Å². The minimum Gasteiger partial charge on any atom is -0.325 e. The summed E-state index contributed by atoms with van der Waals surface area (Å²) in [5, 5.41) is 3.62. The van der Waals surface area contributed by atoms with Crippen LogP contribution < -0.4 is 5.32 Å². The number of rotatable bonds is 7. The van der Waals surface area contributed by atoms with Gasteiger partial charge >= 0.3 is 0 Å². The lowest BCUT2D eigenvalue weighted by molar-refractivity contribution is -0.131. The molecule has 3 atom stereocenters. The zero-order valence-electron chi connectivity index (χ0n) is 13.9. The Morgan fingerprint density at radius 1 is 1.30 bits per heavy atom. The summed E-state index contributed by atoms with van der Waals surface area (Å²) in [6.45, 7) is 12.1. The maximum atomic E-state index is 12.8. The van der Waals surface area contributed by atoms with Gasteiger partial charge < -0.3 is 4.90 Å². The molecule has 1 heterocycles. The van der Waals surface area contributed by atoms with E-state index in [-0.39, 0.29) is 12.2 Å². The summed E-state index contributed by atoms with van der Waals surface area (Å²) in [7, 11) is 0. The lowest BCUT2D eigenvalue weighted by Gasteiger charge is -2.29. The molecule has 116 valence electrons. The smallest absolute Gasteiger partial charge is 0.241 e. The van der Waals surface area contributed by atoms with Crippen LogP contribution in [0.5, 0.6) is 0 Å². The minimum atomic E-state index is 0.0383. The van der Waals surface area contributed by atoms with Crippen LogP contribution in [0.2, 0.25) is 0 Å². The van der Waals surface area contributed by atoms with Crippen LogP contribution in [0.25, 0.3) is 0 Å². The fraction of sp³-hybridized carbons (Fsp3) is 0.941. The summed E-state index contributed by atoms with van der Waals surface area (Å²) in [5.41, 5.74) is 0.441. The van der Waals surface area contributed by atoms with Crippen molar-refractivity contribution in [1.82, 2.24) is 10.2 Å². The van der Waals surface area contributed by atoms with E-state index < -0.39 is 0 Å². The summed E-state index contributed by atoms with van der Waals surface area (Å²) >= 11 is 0. The second-order valence-corrected chi connectivity index (χ2v) is 7.49. The quantitative estimate of drug-likeness (QED) is 0.775. The maximum absolute atomic E-state index is 12.8. The van der Waals surface area contributed by atoms with Crippen LogP contribution in [-0.2, 0) is 4.79 Å². The average molecular weight is 280 g/mol. The highest BCUT2D eigenvalue weighted by atomic mass is 16.2. The van der Waals surface area contributed by atoms with Crippen molar-refractivity contribution in [2.45, 2.75) is 78.9 Å². The van der Waals surface area contributed by atoms with Crippen molar-refractivity contribution in [3.8, 4) is 0 Å². The number of amides is 1. The minimum absolute atomic E-state index is 0.0383. The molecule has 0 aromatic rings. The SMILES string of the molecule is CCC(C)C1NC(CC(C)C)N(CC2(CC)CC2)C1=O. The standard InChI is InChI=1S/C17H32N2O/c1-6-13(5)15-16(20)19(11-17(7-2)8-9-17)14(18-15)10-12(3)4/h12-15,18H,6-11H2,1-5H3. The van der Waals surface area contributed by atoms with Gasteiger partial charge in [0.05, 0.1) is 12.2 Å². The van der Waals surface area contributed by atoms with Gasteiger partial charge in [-0.3, -0.25) is 10.1 Å². The Morgan fingerprint density at radius 3 is 2.40 bits per heavy atom. The van der Waals surface area contributed by atoms with Crippen molar-refractivity contribution in [1.29, 1.82) is 0 Å². The van der Waals surface area contributed by atoms with E-state index in [2.05, 4.69) is 44.8 Å². The molecule has 0 bridgehead atoms. The fourth-order valence-corrected chi connectivity index (χ4v) is 3.34. The van der Waals surface area contributed by atoms with Crippen LogP contribution in [0.3, 0.4) is 0 Å². The van der Waals surface area contributed by atoms with Gasteiger partial charge in [0, 0.05) is 6.54 Å². The number of hydrogen-bond donors (Lipinski definition) is 1. The molecule has 1 N–H and O–H groups in total. The zero-order valence-corrected chi connectivity index (χ0v) is 13.9. The summed E-state index contributed by atoms with van der Waals surface area (Å²) in [6, 6.07) is 0.0383. The molecule has 1 saturated carbocycles. The van der Waals surface area contributed by atoms with Gasteiger partial charge in [0.15, 0.2) is 0 Å². The number of nitrogens with one attached hydrogen (secondary N) is 1. The van der Waals surface area contributed by atoms with Crippen LogP contribution in [0, 0.1) is 17.3 Å². The highest BCUT2D eigenvalue weighted by Crippen LogP contribution is 2.50. The summed E-state index contributed by atoms with van der Waals surface area (Å²) in [5.74, 6) is 1.40. The van der Waals surface area contributed by atoms with Crippen molar-refractivity contribution >= 4 is 5.91 Å². The molecular weight excluding hydrogens is 248 g/mol. The third kappa shape index (κ3) is 3.19. The van der Waals surface area contributed by atoms with Crippen LogP contribution in [0.4, 0.5) is 0 Å². The summed E-state index contributed by atoms with van der Waals surface area (Å²) in [6.07, 6.45) is 6.19. The second kappa shape index (κ2) is 6.05. The summed E-state index contributed by atoms with van der Waals surface area (Å²) < 4.78 is 0. The van der Waals surface area contributed by atoms with Crippen LogP contribution in [-0.4, -0.2) is 29.6 Å². The molecule has 0 aromatic heterocycles. The van der Waals surface area contributed by atoms with Crippen molar-refractivity contribution < 1.29 is 4.79 Å². The van der Waals surface area contributed by atoms with Gasteiger partial charge in [-0.1, -0.05) is 41.0 Å². The predicted molar refractivity (Wildman–Crippen MR) is 83.3 cm³/mol. The Morgan fingerprint density at radius 2 is 1.95 bits per heavy atom. The molecule has 3 heteroatoms. The van der Waals surface area contributed by atoms with Crippen LogP contribution in [0.15, 0.2) is 0 Å². The van der Waals surface area contributed by atoms with E-state index in [0.717, 1.165) is 19.4 Å². The largest absolute Gasteiger partial charge is 0.325 e. The van der Waals surface area contributed by atoms with Gasteiger partial charge in [-0.15, -0.1) is 0 Å². The topological polar surface area (TPSA) is 32.3 Å². The molecule has 2 aliphatic rings. The first kappa shape index (κ1) is 15.8. The Hall–Kier alpha value is -0.570. The molecule has 0 radical (unpaired) electrons. The van der Waals surface area contributed by atoms with E-state index >= 15 is 0 Å². The molecule has 1 amide bonds. The van der Waals surface area contributed by atoms with Crippen molar-refractivity contribution in [2.24, 2.45) is 17.3 Å². The molecule has 3 unspecified atom stereocenters. The molecule has 2 fully saturated rings. The normalized spacial score (nSPS) is 30.1. The number of nitrogens with zero attached hydrogens (tertiary/aromatic N) is 1.